The van der Waals surface area contributed by atoms with Gasteiger partial charge in [0.1, 0.15) is 17.2 Å². The quantitative estimate of drug-likeness (QED) is 0.819. The highest BCUT2D eigenvalue weighted by Crippen LogP contribution is 2.28. The van der Waals surface area contributed by atoms with Crippen LogP contribution in [0.4, 0.5) is 5.69 Å². The van der Waals surface area contributed by atoms with Crippen LogP contribution in [0.3, 0.4) is 0 Å². The summed E-state index contributed by atoms with van der Waals surface area (Å²) < 4.78 is 15.1. The van der Waals surface area contributed by atoms with Crippen molar-refractivity contribution in [1.29, 1.82) is 0 Å². The zero-order valence-electron chi connectivity index (χ0n) is 12.7. The third-order valence-electron chi connectivity index (χ3n) is 2.89. The number of carbonyl (C=O) groups is 2. The van der Waals surface area contributed by atoms with Gasteiger partial charge in [-0.2, -0.15) is 0 Å². The van der Waals surface area contributed by atoms with E-state index in [0.717, 1.165) is 0 Å². The molecule has 0 aliphatic carbocycles. The molecule has 0 atom stereocenters. The van der Waals surface area contributed by atoms with Gasteiger partial charge in [-0.1, -0.05) is 6.07 Å². The van der Waals surface area contributed by atoms with Crippen molar-refractivity contribution in [2.45, 2.75) is 0 Å². The predicted octanol–water partition coefficient (Wildman–Crippen LogP) is 1.89. The molecule has 7 nitrogen and oxygen atoms in total. The zero-order valence-corrected chi connectivity index (χ0v) is 12.7. The van der Waals surface area contributed by atoms with E-state index in [-0.39, 0.29) is 5.69 Å². The Balaban J connectivity index is 1.93. The Morgan fingerprint density at radius 1 is 1.13 bits per heavy atom. The number of hydrogen-bond acceptors (Lipinski definition) is 6. The molecule has 2 rings (SSSR count). The van der Waals surface area contributed by atoms with E-state index in [4.69, 9.17) is 14.2 Å². The van der Waals surface area contributed by atoms with Gasteiger partial charge in [-0.25, -0.2) is 9.78 Å². The highest BCUT2D eigenvalue weighted by atomic mass is 16.5. The first-order chi connectivity index (χ1) is 11.1. The van der Waals surface area contributed by atoms with Crippen LogP contribution in [0.2, 0.25) is 0 Å². The number of hydrogen-bond donors (Lipinski definition) is 1. The number of esters is 1. The summed E-state index contributed by atoms with van der Waals surface area (Å²) >= 11 is 0. The number of methoxy groups -OCH3 is 2. The lowest BCUT2D eigenvalue weighted by Gasteiger charge is -2.11. The molecule has 23 heavy (non-hydrogen) atoms. The molecule has 1 heterocycles. The van der Waals surface area contributed by atoms with E-state index >= 15 is 0 Å². The molecule has 1 N–H and O–H groups in total. The molecule has 0 saturated carbocycles. The van der Waals surface area contributed by atoms with E-state index in [0.29, 0.717) is 17.2 Å². The number of benzene rings is 1. The number of nitrogens with zero attached hydrogens (tertiary/aromatic N) is 1. The number of anilines is 1. The number of rotatable bonds is 6. The topological polar surface area (TPSA) is 86.8 Å². The van der Waals surface area contributed by atoms with Gasteiger partial charge in [-0.3, -0.25) is 4.79 Å². The lowest BCUT2D eigenvalue weighted by molar-refractivity contribution is -0.119. The zero-order chi connectivity index (χ0) is 16.7. The molecular weight excluding hydrogens is 300 g/mol. The third-order valence-corrected chi connectivity index (χ3v) is 2.89. The fraction of sp³-hybridized carbons (Fsp3) is 0.188. The Hall–Kier alpha value is -3.09. The van der Waals surface area contributed by atoms with Gasteiger partial charge in [0.2, 0.25) is 0 Å². The van der Waals surface area contributed by atoms with Crippen LogP contribution in [-0.4, -0.2) is 37.7 Å². The van der Waals surface area contributed by atoms with Gasteiger partial charge in [0.15, 0.2) is 6.61 Å². The van der Waals surface area contributed by atoms with Crippen LogP contribution in [0, 0.1) is 0 Å². The monoisotopic (exact) mass is 316 g/mol. The van der Waals surface area contributed by atoms with Crippen LogP contribution < -0.4 is 14.8 Å². The molecule has 0 spiro atoms. The highest BCUT2D eigenvalue weighted by Gasteiger charge is 2.13. The van der Waals surface area contributed by atoms with Gasteiger partial charge in [0.25, 0.3) is 5.91 Å². The minimum Gasteiger partial charge on any atom is -0.497 e. The van der Waals surface area contributed by atoms with Crippen LogP contribution in [0.15, 0.2) is 42.6 Å². The third kappa shape index (κ3) is 4.44. The second-order valence-electron chi connectivity index (χ2n) is 4.41. The van der Waals surface area contributed by atoms with Crippen LogP contribution in [0.1, 0.15) is 10.5 Å². The standard InChI is InChI=1S/C16H16N2O5/c1-21-11-6-7-12(14(9-11)22-2)18-15(19)10-23-16(20)13-5-3-4-8-17-13/h3-9H,10H2,1-2H3,(H,18,19). The van der Waals surface area contributed by atoms with E-state index in [1.807, 2.05) is 0 Å². The second-order valence-corrected chi connectivity index (χ2v) is 4.41. The molecule has 0 bridgehead atoms. The Bertz CT molecular complexity index is 688. The van der Waals surface area contributed by atoms with Crippen molar-refractivity contribution in [2.75, 3.05) is 26.1 Å². The highest BCUT2D eigenvalue weighted by molar-refractivity contribution is 5.95. The molecule has 0 aliphatic heterocycles. The smallest absolute Gasteiger partial charge is 0.357 e. The van der Waals surface area contributed by atoms with Crippen molar-refractivity contribution in [1.82, 2.24) is 4.98 Å². The van der Waals surface area contributed by atoms with Gasteiger partial charge >= 0.3 is 5.97 Å². The van der Waals surface area contributed by atoms with E-state index in [1.54, 1.807) is 30.3 Å². The maximum absolute atomic E-state index is 11.9. The Morgan fingerprint density at radius 2 is 1.96 bits per heavy atom. The number of amides is 1. The summed E-state index contributed by atoms with van der Waals surface area (Å²) in [6, 6.07) is 9.79. The van der Waals surface area contributed by atoms with Crippen LogP contribution in [-0.2, 0) is 9.53 Å². The Morgan fingerprint density at radius 3 is 2.61 bits per heavy atom. The fourth-order valence-corrected chi connectivity index (χ4v) is 1.78. The number of pyridine rings is 1. The first-order valence-electron chi connectivity index (χ1n) is 6.74. The largest absolute Gasteiger partial charge is 0.497 e. The van der Waals surface area contributed by atoms with Gasteiger partial charge in [0, 0.05) is 12.3 Å². The van der Waals surface area contributed by atoms with Gasteiger partial charge in [-0.15, -0.1) is 0 Å². The number of aromatic nitrogens is 1. The summed E-state index contributed by atoms with van der Waals surface area (Å²) in [7, 11) is 3.01. The lowest BCUT2D eigenvalue weighted by atomic mass is 10.2. The number of ether oxygens (including phenoxy) is 3. The molecule has 1 aromatic heterocycles. The second kappa shape index (κ2) is 7.79. The van der Waals surface area contributed by atoms with Crippen molar-refractivity contribution in [3.8, 4) is 11.5 Å². The van der Waals surface area contributed by atoms with Crippen molar-refractivity contribution in [2.24, 2.45) is 0 Å². The van der Waals surface area contributed by atoms with Gasteiger partial charge in [0.05, 0.1) is 19.9 Å². The summed E-state index contributed by atoms with van der Waals surface area (Å²) in [4.78, 5) is 27.4. The number of nitrogens with one attached hydrogen (secondary N) is 1. The predicted molar refractivity (Wildman–Crippen MR) is 82.7 cm³/mol. The minimum atomic E-state index is -0.664. The molecule has 2 aromatic rings. The van der Waals surface area contributed by atoms with Crippen molar-refractivity contribution in [3.63, 3.8) is 0 Å². The molecule has 0 radical (unpaired) electrons. The van der Waals surface area contributed by atoms with Crippen LogP contribution in [0.25, 0.3) is 0 Å². The summed E-state index contributed by atoms with van der Waals surface area (Å²) in [5.74, 6) is -0.115. The fourth-order valence-electron chi connectivity index (χ4n) is 1.78. The van der Waals surface area contributed by atoms with Crippen LogP contribution >= 0.6 is 0 Å². The molecule has 0 aliphatic rings. The summed E-state index contributed by atoms with van der Waals surface area (Å²) in [6.07, 6.45) is 1.47. The van der Waals surface area contributed by atoms with Gasteiger partial charge in [-0.05, 0) is 24.3 Å². The minimum absolute atomic E-state index is 0.141. The van der Waals surface area contributed by atoms with Crippen molar-refractivity contribution in [3.05, 3.63) is 48.3 Å². The van der Waals surface area contributed by atoms with E-state index in [2.05, 4.69) is 10.3 Å². The van der Waals surface area contributed by atoms with Crippen molar-refractivity contribution >= 4 is 17.6 Å². The molecule has 120 valence electrons. The molecule has 1 aromatic carbocycles. The summed E-state index contributed by atoms with van der Waals surface area (Å²) in [5.41, 5.74) is 0.592. The molecular formula is C16H16N2O5. The first kappa shape index (κ1) is 16.3. The Labute approximate surface area is 133 Å². The average molecular weight is 316 g/mol. The van der Waals surface area contributed by atoms with E-state index in [1.165, 1.54) is 26.5 Å². The molecule has 1 amide bonds. The van der Waals surface area contributed by atoms with E-state index < -0.39 is 18.5 Å². The number of carbonyl (C=O) groups excluding carboxylic acids is 2. The maximum Gasteiger partial charge on any atom is 0.357 e. The lowest BCUT2D eigenvalue weighted by Crippen LogP contribution is -2.21. The molecule has 0 unspecified atom stereocenters. The SMILES string of the molecule is COc1ccc(NC(=O)COC(=O)c2ccccn2)c(OC)c1. The first-order valence-corrected chi connectivity index (χ1v) is 6.74. The molecule has 0 saturated heterocycles. The average Bonchev–Trinajstić information content (AvgIpc) is 2.60. The van der Waals surface area contributed by atoms with E-state index in [9.17, 15) is 9.59 Å². The molecule has 0 fully saturated rings. The molecule has 7 heteroatoms. The summed E-state index contributed by atoms with van der Waals surface area (Å²) in [6.45, 7) is -0.426. The van der Waals surface area contributed by atoms with Crippen molar-refractivity contribution < 1.29 is 23.8 Å². The van der Waals surface area contributed by atoms with Crippen LogP contribution in [0.5, 0.6) is 11.5 Å². The summed E-state index contributed by atoms with van der Waals surface area (Å²) in [5, 5.41) is 2.60. The maximum atomic E-state index is 11.9. The van der Waals surface area contributed by atoms with Gasteiger partial charge < -0.3 is 19.5 Å². The normalized spacial score (nSPS) is 9.83. The Kier molecular flexibility index (Phi) is 5.51.